The van der Waals surface area contributed by atoms with Crippen LogP contribution < -0.4 is 15.5 Å². The lowest BCUT2D eigenvalue weighted by Crippen LogP contribution is -2.51. The molecule has 3 rings (SSSR count). The lowest BCUT2D eigenvalue weighted by Gasteiger charge is -2.34. The van der Waals surface area contributed by atoms with Gasteiger partial charge in [-0.2, -0.15) is 4.31 Å². The standard InChI is InChI=1S/C20H34N6O2S/c1-17-6-8-18(9-7-17)24-20(21-2)23-11-16-29(27,28)26-14-12-25(13-15-26)19-5-3-4-10-22-19/h3-5,10,17-18H,6-9,11-16H2,1-2H3,(H2,21,23,24). The molecule has 1 aromatic heterocycles. The van der Waals surface area contributed by atoms with Gasteiger partial charge in [-0.05, 0) is 43.7 Å². The Morgan fingerprint density at radius 1 is 1.17 bits per heavy atom. The Labute approximate surface area is 174 Å². The number of sulfonamides is 1. The maximum absolute atomic E-state index is 12.7. The number of hydrogen-bond donors (Lipinski definition) is 2. The van der Waals surface area contributed by atoms with Crippen LogP contribution in [0, 0.1) is 5.92 Å². The molecular weight excluding hydrogens is 388 g/mol. The predicted molar refractivity (Wildman–Crippen MR) is 118 cm³/mol. The molecule has 0 amide bonds. The maximum atomic E-state index is 12.7. The van der Waals surface area contributed by atoms with Crippen molar-refractivity contribution >= 4 is 21.8 Å². The Kier molecular flexibility index (Phi) is 7.71. The van der Waals surface area contributed by atoms with Crippen LogP contribution in [0.15, 0.2) is 29.4 Å². The number of anilines is 1. The second kappa shape index (κ2) is 10.2. The smallest absolute Gasteiger partial charge is 0.215 e. The van der Waals surface area contributed by atoms with Gasteiger partial charge in [0.15, 0.2) is 5.96 Å². The van der Waals surface area contributed by atoms with E-state index in [1.807, 2.05) is 18.2 Å². The summed E-state index contributed by atoms with van der Waals surface area (Å²) >= 11 is 0. The summed E-state index contributed by atoms with van der Waals surface area (Å²) in [7, 11) is -1.56. The van der Waals surface area contributed by atoms with Crippen molar-refractivity contribution in [2.75, 3.05) is 50.4 Å². The van der Waals surface area contributed by atoms with E-state index in [0.717, 1.165) is 24.6 Å². The molecule has 8 nitrogen and oxygen atoms in total. The zero-order chi connectivity index (χ0) is 20.7. The first kappa shape index (κ1) is 21.8. The highest BCUT2D eigenvalue weighted by Gasteiger charge is 2.27. The summed E-state index contributed by atoms with van der Waals surface area (Å²) in [6, 6.07) is 6.22. The van der Waals surface area contributed by atoms with Gasteiger partial charge in [0, 0.05) is 52.0 Å². The molecule has 1 aromatic rings. The Morgan fingerprint density at radius 3 is 2.52 bits per heavy atom. The number of rotatable bonds is 6. The molecule has 0 aromatic carbocycles. The molecule has 2 fully saturated rings. The number of nitrogens with zero attached hydrogens (tertiary/aromatic N) is 4. The Morgan fingerprint density at radius 2 is 1.90 bits per heavy atom. The number of aromatic nitrogens is 1. The van der Waals surface area contributed by atoms with E-state index in [0.29, 0.717) is 44.7 Å². The number of aliphatic imine (C=N–C) groups is 1. The highest BCUT2D eigenvalue weighted by molar-refractivity contribution is 7.89. The second-order valence-electron chi connectivity index (χ2n) is 7.99. The molecule has 162 valence electrons. The lowest BCUT2D eigenvalue weighted by atomic mass is 9.87. The minimum atomic E-state index is -3.29. The summed E-state index contributed by atoms with van der Waals surface area (Å²) in [5.74, 6) is 2.46. The van der Waals surface area contributed by atoms with Crippen molar-refractivity contribution in [3.63, 3.8) is 0 Å². The van der Waals surface area contributed by atoms with E-state index in [-0.39, 0.29) is 5.75 Å². The van der Waals surface area contributed by atoms with Gasteiger partial charge in [-0.1, -0.05) is 13.0 Å². The average Bonchev–Trinajstić information content (AvgIpc) is 2.75. The van der Waals surface area contributed by atoms with Crippen LogP contribution in [0.25, 0.3) is 0 Å². The maximum Gasteiger partial charge on any atom is 0.215 e. The monoisotopic (exact) mass is 422 g/mol. The fourth-order valence-electron chi connectivity index (χ4n) is 3.96. The summed E-state index contributed by atoms with van der Waals surface area (Å²) < 4.78 is 27.0. The third kappa shape index (κ3) is 6.30. The van der Waals surface area contributed by atoms with Crippen molar-refractivity contribution in [2.45, 2.75) is 38.6 Å². The first-order valence-corrected chi connectivity index (χ1v) is 12.2. The van der Waals surface area contributed by atoms with Crippen LogP contribution in [-0.2, 0) is 10.0 Å². The lowest BCUT2D eigenvalue weighted by molar-refractivity contribution is 0.329. The highest BCUT2D eigenvalue weighted by atomic mass is 32.2. The van der Waals surface area contributed by atoms with E-state index in [4.69, 9.17) is 0 Å². The van der Waals surface area contributed by atoms with Gasteiger partial charge in [-0.15, -0.1) is 0 Å². The number of pyridine rings is 1. The van der Waals surface area contributed by atoms with Gasteiger partial charge in [0.25, 0.3) is 0 Å². The molecule has 9 heteroatoms. The average molecular weight is 423 g/mol. The topological polar surface area (TPSA) is 89.9 Å². The molecule has 2 heterocycles. The molecular formula is C20H34N6O2S. The van der Waals surface area contributed by atoms with Crippen molar-refractivity contribution in [1.82, 2.24) is 19.9 Å². The van der Waals surface area contributed by atoms with Crippen LogP contribution >= 0.6 is 0 Å². The van der Waals surface area contributed by atoms with Gasteiger partial charge < -0.3 is 15.5 Å². The minimum Gasteiger partial charge on any atom is -0.355 e. The molecule has 1 aliphatic carbocycles. The molecule has 0 radical (unpaired) electrons. The van der Waals surface area contributed by atoms with Gasteiger partial charge >= 0.3 is 0 Å². The third-order valence-electron chi connectivity index (χ3n) is 5.84. The normalized spacial score (nSPS) is 24.3. The minimum absolute atomic E-state index is 0.0684. The summed E-state index contributed by atoms with van der Waals surface area (Å²) in [6.45, 7) is 4.95. The fraction of sp³-hybridized carbons (Fsp3) is 0.700. The van der Waals surface area contributed by atoms with Crippen LogP contribution in [0.3, 0.4) is 0 Å². The summed E-state index contributed by atoms with van der Waals surface area (Å²) in [5.41, 5.74) is 0. The molecule has 1 aliphatic heterocycles. The fourth-order valence-corrected chi connectivity index (χ4v) is 5.29. The molecule has 2 N–H and O–H groups in total. The Balaban J connectivity index is 1.41. The molecule has 0 unspecified atom stereocenters. The van der Waals surface area contributed by atoms with E-state index in [9.17, 15) is 8.42 Å². The quantitative estimate of drug-likeness (QED) is 0.530. The van der Waals surface area contributed by atoms with E-state index in [1.54, 1.807) is 17.5 Å². The molecule has 0 atom stereocenters. The van der Waals surface area contributed by atoms with Crippen LogP contribution in [0.1, 0.15) is 32.6 Å². The van der Waals surface area contributed by atoms with Gasteiger partial charge in [0.05, 0.1) is 5.75 Å². The number of nitrogens with one attached hydrogen (secondary N) is 2. The Bertz CT molecular complexity index is 754. The van der Waals surface area contributed by atoms with Crippen LogP contribution in [0.2, 0.25) is 0 Å². The SMILES string of the molecule is CN=C(NCCS(=O)(=O)N1CCN(c2ccccn2)CC1)NC1CCC(C)CC1. The second-order valence-corrected chi connectivity index (χ2v) is 10.1. The van der Waals surface area contributed by atoms with E-state index >= 15 is 0 Å². The van der Waals surface area contributed by atoms with Crippen LogP contribution in [0.4, 0.5) is 5.82 Å². The van der Waals surface area contributed by atoms with Gasteiger partial charge in [-0.25, -0.2) is 13.4 Å². The predicted octanol–water partition coefficient (Wildman–Crippen LogP) is 1.28. The van der Waals surface area contributed by atoms with E-state index in [2.05, 4.69) is 32.4 Å². The summed E-state index contributed by atoms with van der Waals surface area (Å²) in [4.78, 5) is 10.7. The first-order valence-electron chi connectivity index (χ1n) is 10.6. The zero-order valence-electron chi connectivity index (χ0n) is 17.5. The Hall–Kier alpha value is -1.87. The van der Waals surface area contributed by atoms with Crippen molar-refractivity contribution in [1.29, 1.82) is 0 Å². The molecule has 2 aliphatic rings. The summed E-state index contributed by atoms with van der Waals surface area (Å²) in [6.07, 6.45) is 6.50. The van der Waals surface area contributed by atoms with Crippen LogP contribution in [-0.4, -0.2) is 75.2 Å². The summed E-state index contributed by atoms with van der Waals surface area (Å²) in [5, 5.41) is 6.60. The van der Waals surface area contributed by atoms with Crippen molar-refractivity contribution in [3.05, 3.63) is 24.4 Å². The number of piperazine rings is 1. The van der Waals surface area contributed by atoms with E-state index < -0.39 is 10.0 Å². The van der Waals surface area contributed by atoms with Crippen LogP contribution in [0.5, 0.6) is 0 Å². The molecule has 0 spiro atoms. The number of guanidine groups is 1. The van der Waals surface area contributed by atoms with Gasteiger partial charge in [0.2, 0.25) is 10.0 Å². The largest absolute Gasteiger partial charge is 0.355 e. The zero-order valence-corrected chi connectivity index (χ0v) is 18.4. The molecule has 0 bridgehead atoms. The molecule has 29 heavy (non-hydrogen) atoms. The van der Waals surface area contributed by atoms with E-state index in [1.165, 1.54) is 12.8 Å². The van der Waals surface area contributed by atoms with Gasteiger partial charge in [-0.3, -0.25) is 4.99 Å². The van der Waals surface area contributed by atoms with Crippen molar-refractivity contribution < 1.29 is 8.42 Å². The number of hydrogen-bond acceptors (Lipinski definition) is 5. The third-order valence-corrected chi connectivity index (χ3v) is 7.71. The van der Waals surface area contributed by atoms with Crippen molar-refractivity contribution in [3.8, 4) is 0 Å². The van der Waals surface area contributed by atoms with Crippen molar-refractivity contribution in [2.24, 2.45) is 10.9 Å². The molecule has 1 saturated heterocycles. The first-order chi connectivity index (χ1) is 14.0. The highest BCUT2D eigenvalue weighted by Crippen LogP contribution is 2.23. The molecule has 1 saturated carbocycles. The van der Waals surface area contributed by atoms with Gasteiger partial charge in [0.1, 0.15) is 5.82 Å².